The number of benzene rings is 2. The highest BCUT2D eigenvalue weighted by Gasteiger charge is 2.64. The third-order valence-corrected chi connectivity index (χ3v) is 12.5. The molecule has 4 saturated carbocycles. The van der Waals surface area contributed by atoms with Crippen LogP contribution < -0.4 is 5.32 Å². The predicted molar refractivity (Wildman–Crippen MR) is 140 cm³/mol. The second-order valence-corrected chi connectivity index (χ2v) is 13.6. The lowest BCUT2D eigenvalue weighted by molar-refractivity contribution is 0.127. The maximum atomic E-state index is 3.89. The van der Waals surface area contributed by atoms with Gasteiger partial charge in [0.25, 0.3) is 0 Å². The summed E-state index contributed by atoms with van der Waals surface area (Å²) in [6.45, 7) is 15.5. The lowest BCUT2D eigenvalue weighted by atomic mass is 9.61. The van der Waals surface area contributed by atoms with E-state index in [2.05, 4.69) is 95.4 Å². The first-order valence-corrected chi connectivity index (χ1v) is 13.5. The number of hydrogen-bond acceptors (Lipinski definition) is 1. The van der Waals surface area contributed by atoms with Gasteiger partial charge in [-0.25, -0.2) is 0 Å². The number of anilines is 2. The summed E-state index contributed by atoms with van der Waals surface area (Å²) in [7, 11) is 0. The van der Waals surface area contributed by atoms with Gasteiger partial charge in [0.1, 0.15) is 0 Å². The second-order valence-electron chi connectivity index (χ2n) is 13.6. The zero-order valence-electron chi connectivity index (χ0n) is 21.7. The van der Waals surface area contributed by atoms with Crippen LogP contribution in [0.4, 0.5) is 11.4 Å². The van der Waals surface area contributed by atoms with Crippen molar-refractivity contribution in [1.29, 1.82) is 0 Å². The SMILES string of the molecule is CC1(C)C2CCC1(C)C(c1cccc(Nc3ccccc3)c1C1CC3CCC1(C)C3(C)C)C2. The summed E-state index contributed by atoms with van der Waals surface area (Å²) in [5.74, 6) is 3.07. The van der Waals surface area contributed by atoms with Crippen LogP contribution in [0.5, 0.6) is 0 Å². The van der Waals surface area contributed by atoms with Crippen LogP contribution in [0.3, 0.4) is 0 Å². The van der Waals surface area contributed by atoms with E-state index in [0.29, 0.717) is 33.5 Å². The summed E-state index contributed by atoms with van der Waals surface area (Å²) in [5, 5.41) is 3.89. The normalized spacial score (nSPS) is 39.8. The minimum atomic E-state index is 0.384. The molecule has 4 aliphatic carbocycles. The van der Waals surface area contributed by atoms with Gasteiger partial charge in [-0.15, -0.1) is 0 Å². The van der Waals surface area contributed by atoms with Crippen LogP contribution in [-0.2, 0) is 0 Å². The lowest BCUT2D eigenvalue weighted by Crippen LogP contribution is -2.34. The zero-order valence-corrected chi connectivity index (χ0v) is 21.7. The highest BCUT2D eigenvalue weighted by Crippen LogP contribution is 2.74. The minimum Gasteiger partial charge on any atom is -0.355 e. The standard InChI is InChI=1S/C32H43N/c1-29(2)21-15-17-31(29,5)25(19-21)24-13-10-14-27(33-23-11-8-7-9-12-23)28(24)26-20-22-16-18-32(26,6)30(22,3)4/h7-14,21-22,25-26,33H,15-20H2,1-6H3. The summed E-state index contributed by atoms with van der Waals surface area (Å²) < 4.78 is 0. The average Bonchev–Trinajstić information content (AvgIpc) is 3.31. The van der Waals surface area contributed by atoms with Crippen LogP contribution in [0.25, 0.3) is 0 Å². The lowest BCUT2D eigenvalue weighted by Gasteiger charge is -2.44. The quantitative estimate of drug-likeness (QED) is 0.498. The Morgan fingerprint density at radius 3 is 1.76 bits per heavy atom. The van der Waals surface area contributed by atoms with Crippen molar-refractivity contribution in [3.05, 3.63) is 59.7 Å². The van der Waals surface area contributed by atoms with E-state index in [1.54, 1.807) is 11.1 Å². The van der Waals surface area contributed by atoms with Gasteiger partial charge in [-0.2, -0.15) is 0 Å². The molecule has 0 saturated heterocycles. The molecule has 6 unspecified atom stereocenters. The topological polar surface area (TPSA) is 12.0 Å². The van der Waals surface area contributed by atoms with E-state index >= 15 is 0 Å². The molecular formula is C32H43N. The van der Waals surface area contributed by atoms with Crippen LogP contribution in [0.1, 0.15) is 103 Å². The van der Waals surface area contributed by atoms with Crippen molar-refractivity contribution < 1.29 is 0 Å². The molecule has 6 rings (SSSR count). The molecule has 176 valence electrons. The smallest absolute Gasteiger partial charge is 0.0422 e. The maximum Gasteiger partial charge on any atom is 0.0422 e. The fraction of sp³-hybridized carbons (Fsp3) is 0.625. The molecule has 0 radical (unpaired) electrons. The van der Waals surface area contributed by atoms with Gasteiger partial charge in [0.05, 0.1) is 0 Å². The molecule has 4 fully saturated rings. The molecule has 4 bridgehead atoms. The Morgan fingerprint density at radius 1 is 0.667 bits per heavy atom. The Bertz CT molecular complexity index is 1070. The molecule has 2 aromatic rings. The molecule has 1 heteroatoms. The maximum absolute atomic E-state index is 3.89. The molecule has 0 amide bonds. The summed E-state index contributed by atoms with van der Waals surface area (Å²) in [6.07, 6.45) is 8.35. The number of para-hydroxylation sites is 1. The van der Waals surface area contributed by atoms with Gasteiger partial charge < -0.3 is 5.32 Å². The van der Waals surface area contributed by atoms with Crippen molar-refractivity contribution >= 4 is 11.4 Å². The minimum absolute atomic E-state index is 0.384. The molecule has 33 heavy (non-hydrogen) atoms. The molecule has 1 nitrogen and oxygen atoms in total. The predicted octanol–water partition coefficient (Wildman–Crippen LogP) is 9.29. The highest BCUT2D eigenvalue weighted by molar-refractivity contribution is 5.67. The average molecular weight is 442 g/mol. The van der Waals surface area contributed by atoms with Crippen LogP contribution in [0, 0.1) is 33.5 Å². The fourth-order valence-corrected chi connectivity index (χ4v) is 9.38. The Morgan fingerprint density at radius 2 is 1.24 bits per heavy atom. The van der Waals surface area contributed by atoms with E-state index < -0.39 is 0 Å². The first kappa shape index (κ1) is 21.8. The number of nitrogens with one attached hydrogen (secondary N) is 1. The molecule has 1 N–H and O–H groups in total. The van der Waals surface area contributed by atoms with E-state index in [1.165, 1.54) is 49.9 Å². The first-order chi connectivity index (χ1) is 15.6. The van der Waals surface area contributed by atoms with Gasteiger partial charge in [-0.1, -0.05) is 71.9 Å². The van der Waals surface area contributed by atoms with Gasteiger partial charge >= 0.3 is 0 Å². The molecule has 0 aliphatic heterocycles. The molecular weight excluding hydrogens is 398 g/mol. The van der Waals surface area contributed by atoms with Crippen molar-refractivity contribution in [2.45, 2.75) is 91.9 Å². The number of hydrogen-bond donors (Lipinski definition) is 1. The van der Waals surface area contributed by atoms with Gasteiger partial charge in [-0.3, -0.25) is 0 Å². The molecule has 0 aromatic heterocycles. The Labute approximate surface area is 201 Å². The number of rotatable bonds is 4. The van der Waals surface area contributed by atoms with Crippen molar-refractivity contribution in [2.24, 2.45) is 33.5 Å². The van der Waals surface area contributed by atoms with Gasteiger partial charge in [0, 0.05) is 11.4 Å². The van der Waals surface area contributed by atoms with Crippen molar-refractivity contribution in [1.82, 2.24) is 0 Å². The van der Waals surface area contributed by atoms with E-state index in [-0.39, 0.29) is 0 Å². The summed E-state index contributed by atoms with van der Waals surface area (Å²) in [4.78, 5) is 0. The molecule has 2 aromatic carbocycles. The largest absolute Gasteiger partial charge is 0.355 e. The Kier molecular flexibility index (Phi) is 4.54. The van der Waals surface area contributed by atoms with Gasteiger partial charge in [0.2, 0.25) is 0 Å². The monoisotopic (exact) mass is 441 g/mol. The van der Waals surface area contributed by atoms with Crippen molar-refractivity contribution in [3.63, 3.8) is 0 Å². The molecule has 0 spiro atoms. The third-order valence-electron chi connectivity index (χ3n) is 12.5. The van der Waals surface area contributed by atoms with E-state index in [1.807, 2.05) is 0 Å². The molecule has 0 heterocycles. The van der Waals surface area contributed by atoms with Crippen LogP contribution in [0.2, 0.25) is 0 Å². The zero-order chi connectivity index (χ0) is 23.2. The third kappa shape index (κ3) is 2.72. The van der Waals surface area contributed by atoms with E-state index in [4.69, 9.17) is 0 Å². The second kappa shape index (κ2) is 6.89. The van der Waals surface area contributed by atoms with Crippen LogP contribution >= 0.6 is 0 Å². The summed E-state index contributed by atoms with van der Waals surface area (Å²) >= 11 is 0. The molecule has 6 atom stereocenters. The van der Waals surface area contributed by atoms with E-state index in [0.717, 1.165) is 11.8 Å². The van der Waals surface area contributed by atoms with Crippen LogP contribution in [-0.4, -0.2) is 0 Å². The van der Waals surface area contributed by atoms with E-state index in [9.17, 15) is 0 Å². The van der Waals surface area contributed by atoms with Crippen molar-refractivity contribution in [3.8, 4) is 0 Å². The summed E-state index contributed by atoms with van der Waals surface area (Å²) in [5.41, 5.74) is 7.60. The van der Waals surface area contributed by atoms with Crippen molar-refractivity contribution in [2.75, 3.05) is 5.32 Å². The Balaban J connectivity index is 1.51. The van der Waals surface area contributed by atoms with Gasteiger partial charge in [0.15, 0.2) is 0 Å². The number of fused-ring (bicyclic) bond motifs is 4. The van der Waals surface area contributed by atoms with Gasteiger partial charge in [-0.05, 0) is 113 Å². The Hall–Kier alpha value is -1.76. The fourth-order valence-electron chi connectivity index (χ4n) is 9.38. The molecule has 4 aliphatic rings. The van der Waals surface area contributed by atoms with Crippen LogP contribution in [0.15, 0.2) is 48.5 Å². The highest BCUT2D eigenvalue weighted by atomic mass is 14.9. The summed E-state index contributed by atoms with van der Waals surface area (Å²) in [6, 6.07) is 18.1. The first-order valence-electron chi connectivity index (χ1n) is 13.5.